The van der Waals surface area contributed by atoms with E-state index in [1.165, 1.54) is 11.8 Å². The number of nitrogens with one attached hydrogen (secondary N) is 1. The van der Waals surface area contributed by atoms with Crippen LogP contribution in [0.3, 0.4) is 0 Å². The molecule has 7 nitrogen and oxygen atoms in total. The van der Waals surface area contributed by atoms with Gasteiger partial charge in [0.25, 0.3) is 5.56 Å². The number of carbonyl (C=O) groups is 1. The number of amides is 1. The summed E-state index contributed by atoms with van der Waals surface area (Å²) in [6.45, 7) is 4.21. The molecule has 0 saturated heterocycles. The molecule has 0 aliphatic heterocycles. The summed E-state index contributed by atoms with van der Waals surface area (Å²) in [4.78, 5) is 25.7. The lowest BCUT2D eigenvalue weighted by atomic mass is 10.0. The van der Waals surface area contributed by atoms with Crippen LogP contribution < -0.4 is 10.9 Å². The molecule has 0 atom stereocenters. The van der Waals surface area contributed by atoms with Gasteiger partial charge in [-0.2, -0.15) is 0 Å². The van der Waals surface area contributed by atoms with Crippen molar-refractivity contribution in [2.24, 2.45) is 0 Å². The number of rotatable bonds is 6. The highest BCUT2D eigenvalue weighted by Gasteiger charge is 2.24. The van der Waals surface area contributed by atoms with Crippen LogP contribution in [0.2, 0.25) is 0 Å². The Bertz CT molecular complexity index is 1350. The van der Waals surface area contributed by atoms with Gasteiger partial charge in [-0.1, -0.05) is 55.9 Å². The Hall–Kier alpha value is -3.13. The second-order valence-corrected chi connectivity index (χ2v) is 9.06. The van der Waals surface area contributed by atoms with Gasteiger partial charge in [-0.15, -0.1) is 10.2 Å². The number of fused-ring (bicyclic) bond motifs is 3. The highest BCUT2D eigenvalue weighted by atomic mass is 32.2. The van der Waals surface area contributed by atoms with Crippen molar-refractivity contribution in [3.63, 3.8) is 0 Å². The fraction of sp³-hybridized carbons (Fsp3) is 0.304. The van der Waals surface area contributed by atoms with Crippen molar-refractivity contribution in [1.82, 2.24) is 24.5 Å². The van der Waals surface area contributed by atoms with Crippen LogP contribution in [0.25, 0.3) is 22.4 Å². The zero-order valence-corrected chi connectivity index (χ0v) is 18.2. The lowest BCUT2D eigenvalue weighted by Crippen LogP contribution is -2.27. The van der Waals surface area contributed by atoms with Crippen molar-refractivity contribution in [3.05, 3.63) is 64.4 Å². The van der Waals surface area contributed by atoms with E-state index >= 15 is 0 Å². The molecule has 2 aromatic heterocycles. The molecule has 4 aromatic rings. The number of carbonyl (C=O) groups excluding carboxylic acids is 1. The maximum absolute atomic E-state index is 13.5. The Morgan fingerprint density at radius 3 is 2.65 bits per heavy atom. The van der Waals surface area contributed by atoms with Gasteiger partial charge in [0.1, 0.15) is 0 Å². The average Bonchev–Trinajstić information content (AvgIpc) is 3.49. The van der Waals surface area contributed by atoms with E-state index in [4.69, 9.17) is 0 Å². The van der Waals surface area contributed by atoms with Gasteiger partial charge in [0.05, 0.1) is 22.3 Å². The normalized spacial score (nSPS) is 13.9. The number of hydrogen-bond acceptors (Lipinski definition) is 5. The summed E-state index contributed by atoms with van der Waals surface area (Å²) in [6, 6.07) is 15.7. The first-order valence-electron chi connectivity index (χ1n) is 10.4. The third-order valence-corrected chi connectivity index (χ3v) is 6.40. The van der Waals surface area contributed by atoms with Gasteiger partial charge >= 0.3 is 0 Å². The molecular formula is C23H23N5O2S. The molecular weight excluding hydrogens is 410 g/mol. The van der Waals surface area contributed by atoms with Gasteiger partial charge < -0.3 is 5.32 Å². The summed E-state index contributed by atoms with van der Waals surface area (Å²) in [6.07, 6.45) is 2.10. The van der Waals surface area contributed by atoms with E-state index in [2.05, 4.69) is 29.4 Å². The second kappa shape index (κ2) is 7.85. The molecule has 1 aliphatic rings. The Balaban J connectivity index is 1.70. The number of hydrogen-bond donors (Lipinski definition) is 1. The van der Waals surface area contributed by atoms with Crippen molar-refractivity contribution >= 4 is 34.3 Å². The van der Waals surface area contributed by atoms with Crippen molar-refractivity contribution < 1.29 is 4.79 Å². The fourth-order valence-electron chi connectivity index (χ4n) is 3.80. The average molecular weight is 434 g/mol. The third kappa shape index (κ3) is 3.61. The molecule has 0 radical (unpaired) electrons. The third-order valence-electron chi connectivity index (χ3n) is 5.47. The highest BCUT2D eigenvalue weighted by molar-refractivity contribution is 7.99. The minimum atomic E-state index is -0.133. The van der Waals surface area contributed by atoms with Gasteiger partial charge in [-0.05, 0) is 42.5 Å². The molecule has 158 valence electrons. The predicted molar refractivity (Wildman–Crippen MR) is 122 cm³/mol. The minimum Gasteiger partial charge on any atom is -0.353 e. The number of benzene rings is 2. The van der Waals surface area contributed by atoms with Crippen LogP contribution in [0.1, 0.15) is 38.2 Å². The van der Waals surface area contributed by atoms with Crippen molar-refractivity contribution in [2.45, 2.75) is 43.8 Å². The van der Waals surface area contributed by atoms with E-state index in [0.717, 1.165) is 29.6 Å². The summed E-state index contributed by atoms with van der Waals surface area (Å²) in [5.74, 6) is 0.930. The number of aromatic nitrogens is 4. The van der Waals surface area contributed by atoms with E-state index in [1.54, 1.807) is 4.57 Å². The quantitative estimate of drug-likeness (QED) is 0.471. The van der Waals surface area contributed by atoms with Crippen LogP contribution in [0.5, 0.6) is 0 Å². The molecule has 0 spiro atoms. The maximum atomic E-state index is 13.5. The van der Waals surface area contributed by atoms with Crippen LogP contribution in [0, 0.1) is 0 Å². The topological polar surface area (TPSA) is 81.3 Å². The number of thioether (sulfide) groups is 1. The monoisotopic (exact) mass is 433 g/mol. The number of para-hydroxylation sites is 2. The van der Waals surface area contributed by atoms with E-state index in [0.29, 0.717) is 22.4 Å². The van der Waals surface area contributed by atoms with E-state index in [9.17, 15) is 9.59 Å². The summed E-state index contributed by atoms with van der Waals surface area (Å²) in [7, 11) is 0. The van der Waals surface area contributed by atoms with Crippen LogP contribution in [0.4, 0.5) is 0 Å². The molecule has 5 rings (SSSR count). The fourth-order valence-corrected chi connectivity index (χ4v) is 4.55. The Kier molecular flexibility index (Phi) is 5.02. The standard InChI is InChI=1S/C23H23N5O2S/c1-14(2)16-7-3-5-9-18(16)27-21(30)17-8-4-6-10-19(17)28-22(27)25-26-23(28)31-13-20(29)24-15-11-12-15/h3-10,14-15H,11-13H2,1-2H3,(H,24,29). The molecule has 0 bridgehead atoms. The second-order valence-electron chi connectivity index (χ2n) is 8.12. The number of nitrogens with zero attached hydrogens (tertiary/aromatic N) is 4. The molecule has 1 N–H and O–H groups in total. The molecule has 8 heteroatoms. The van der Waals surface area contributed by atoms with Crippen LogP contribution in [-0.4, -0.2) is 36.9 Å². The van der Waals surface area contributed by atoms with E-state index in [1.807, 2.05) is 52.9 Å². The molecule has 1 saturated carbocycles. The Morgan fingerprint density at radius 1 is 1.13 bits per heavy atom. The molecule has 0 unspecified atom stereocenters. The molecule has 31 heavy (non-hydrogen) atoms. The predicted octanol–water partition coefficient (Wildman–Crippen LogP) is 3.53. The molecule has 2 heterocycles. The maximum Gasteiger partial charge on any atom is 0.267 e. The first kappa shape index (κ1) is 19.8. The largest absolute Gasteiger partial charge is 0.353 e. The van der Waals surface area contributed by atoms with Crippen LogP contribution >= 0.6 is 11.8 Å². The lowest BCUT2D eigenvalue weighted by Gasteiger charge is -2.16. The molecule has 1 aliphatic carbocycles. The summed E-state index contributed by atoms with van der Waals surface area (Å²) >= 11 is 1.33. The van der Waals surface area contributed by atoms with Crippen LogP contribution in [-0.2, 0) is 4.79 Å². The SMILES string of the molecule is CC(C)c1ccccc1-n1c(=O)c2ccccc2n2c(SCC(=O)NC3CC3)nnc12. The van der Waals surface area contributed by atoms with Crippen molar-refractivity contribution in [1.29, 1.82) is 0 Å². The molecule has 2 aromatic carbocycles. The summed E-state index contributed by atoms with van der Waals surface area (Å²) in [5.41, 5.74) is 2.46. The lowest BCUT2D eigenvalue weighted by molar-refractivity contribution is -0.118. The first-order valence-corrected chi connectivity index (χ1v) is 11.4. The Morgan fingerprint density at radius 2 is 1.87 bits per heavy atom. The van der Waals surface area contributed by atoms with Gasteiger partial charge in [-0.25, -0.2) is 4.57 Å². The zero-order valence-electron chi connectivity index (χ0n) is 17.4. The smallest absolute Gasteiger partial charge is 0.267 e. The van der Waals surface area contributed by atoms with Gasteiger partial charge in [-0.3, -0.25) is 14.0 Å². The minimum absolute atomic E-state index is 0.00738. The Labute approximate surface area is 183 Å². The van der Waals surface area contributed by atoms with Gasteiger partial charge in [0, 0.05) is 6.04 Å². The van der Waals surface area contributed by atoms with Gasteiger partial charge in [0.15, 0.2) is 5.16 Å². The molecule has 1 amide bonds. The molecule has 1 fully saturated rings. The van der Waals surface area contributed by atoms with Gasteiger partial charge in [0.2, 0.25) is 11.7 Å². The zero-order chi connectivity index (χ0) is 21.5. The van der Waals surface area contributed by atoms with E-state index < -0.39 is 0 Å². The van der Waals surface area contributed by atoms with E-state index in [-0.39, 0.29) is 23.1 Å². The summed E-state index contributed by atoms with van der Waals surface area (Å²) < 4.78 is 3.52. The van der Waals surface area contributed by atoms with Crippen molar-refractivity contribution in [3.8, 4) is 5.69 Å². The van der Waals surface area contributed by atoms with Crippen LogP contribution in [0.15, 0.2) is 58.5 Å². The first-order chi connectivity index (χ1) is 15.0. The highest BCUT2D eigenvalue weighted by Crippen LogP contribution is 2.27. The summed E-state index contributed by atoms with van der Waals surface area (Å²) in [5, 5.41) is 12.9. The van der Waals surface area contributed by atoms with Crippen molar-refractivity contribution in [2.75, 3.05) is 5.75 Å².